The minimum atomic E-state index is -1.53. The number of cyclic esters (lactones) is 2. The number of rotatable bonds is 4. The maximum Gasteiger partial charge on any atom is 2.00 e. The molecule has 0 aliphatic carbocycles. The molecule has 136 valence electrons. The Morgan fingerprint density at radius 3 is 1.24 bits per heavy atom. The molecule has 0 fully saturated rings. The van der Waals surface area contributed by atoms with E-state index < -0.39 is 72.6 Å². The first-order valence-electron chi connectivity index (χ1n) is 6.34. The van der Waals surface area contributed by atoms with E-state index in [1.807, 2.05) is 0 Å². The Morgan fingerprint density at radius 1 is 0.800 bits per heavy atom. The molecular weight excluding hydrogens is 376 g/mol. The molecule has 2 aliphatic heterocycles. The normalized spacial score (nSPS) is 24.8. The van der Waals surface area contributed by atoms with Crippen LogP contribution in [0.1, 0.15) is 0 Å². The van der Waals surface area contributed by atoms with Gasteiger partial charge in [-0.3, -0.25) is 0 Å². The van der Waals surface area contributed by atoms with Gasteiger partial charge in [0.25, 0.3) is 0 Å². The van der Waals surface area contributed by atoms with Crippen molar-refractivity contribution in [3.05, 3.63) is 23.0 Å². The third kappa shape index (κ3) is 5.34. The predicted octanol–water partition coefficient (Wildman–Crippen LogP) is -4.46. The van der Waals surface area contributed by atoms with Crippen molar-refractivity contribution in [1.29, 1.82) is 0 Å². The summed E-state index contributed by atoms with van der Waals surface area (Å²) in [6.45, 7) is -1.84. The number of esters is 2. The summed E-state index contributed by atoms with van der Waals surface area (Å²) in [7, 11) is 0. The van der Waals surface area contributed by atoms with Crippen LogP contribution in [0.25, 0.3) is 0 Å². The monoisotopic (exact) mass is 390 g/mol. The van der Waals surface area contributed by atoms with Gasteiger partial charge in [0, 0.05) is 0 Å². The summed E-state index contributed by atoms with van der Waals surface area (Å²) in [4.78, 5) is 21.0. The number of aliphatic hydroxyl groups is 6. The van der Waals surface area contributed by atoms with Gasteiger partial charge in [0.1, 0.15) is 0 Å². The summed E-state index contributed by atoms with van der Waals surface area (Å²) in [6, 6.07) is 0. The van der Waals surface area contributed by atoms with E-state index in [9.17, 15) is 19.8 Å². The van der Waals surface area contributed by atoms with Crippen LogP contribution in [0, 0.1) is 0 Å². The molecule has 2 rings (SSSR count). The fourth-order valence-electron chi connectivity index (χ4n) is 1.63. The molecule has 13 heteroatoms. The molecule has 0 bridgehead atoms. The van der Waals surface area contributed by atoms with Crippen molar-refractivity contribution in [2.75, 3.05) is 13.2 Å². The van der Waals surface area contributed by atoms with Crippen molar-refractivity contribution in [2.45, 2.75) is 24.4 Å². The first-order valence-corrected chi connectivity index (χ1v) is 6.34. The fraction of sp³-hybridized carbons (Fsp3) is 0.500. The van der Waals surface area contributed by atoms with E-state index in [-0.39, 0.29) is 37.7 Å². The molecule has 12 nitrogen and oxygen atoms in total. The zero-order valence-corrected chi connectivity index (χ0v) is 14.8. The Hall–Kier alpha value is -1.28. The largest absolute Gasteiger partial charge is 2.00 e. The molecular formula is C12H14CaO12. The second kappa shape index (κ2) is 10.0. The summed E-state index contributed by atoms with van der Waals surface area (Å²) in [5.41, 5.74) is 0. The SMILES string of the molecule is O=C1OC(C(O)C[O-])C(O)=C1O.O=C1OC(C(O)C[O-])C(O)=C1O.[Ca+2]. The number of carbonyl (C=O) groups excluding carboxylic acids is 2. The minimum Gasteiger partial charge on any atom is -0.853 e. The minimum absolute atomic E-state index is 0. The Balaban J connectivity index is 0.000000443. The Labute approximate surface area is 169 Å². The Morgan fingerprint density at radius 2 is 1.08 bits per heavy atom. The summed E-state index contributed by atoms with van der Waals surface area (Å²) >= 11 is 0. The zero-order chi connectivity index (χ0) is 18.6. The molecule has 2 heterocycles. The molecule has 0 saturated carbocycles. The number of hydrogen-bond donors (Lipinski definition) is 6. The van der Waals surface area contributed by atoms with Gasteiger partial charge in [-0.1, -0.05) is 0 Å². The van der Waals surface area contributed by atoms with Crippen LogP contribution in [0.5, 0.6) is 0 Å². The summed E-state index contributed by atoms with van der Waals surface area (Å²) < 4.78 is 8.55. The quantitative estimate of drug-likeness (QED) is 0.198. The molecule has 2 aliphatic rings. The van der Waals surface area contributed by atoms with Crippen LogP contribution in [0.4, 0.5) is 0 Å². The van der Waals surface area contributed by atoms with Gasteiger partial charge in [-0.2, -0.15) is 0 Å². The molecule has 0 amide bonds. The summed E-state index contributed by atoms with van der Waals surface area (Å²) in [6.07, 6.45) is -5.90. The van der Waals surface area contributed by atoms with Crippen molar-refractivity contribution in [2.24, 2.45) is 0 Å². The van der Waals surface area contributed by atoms with Gasteiger partial charge in [-0.05, 0) is 0 Å². The van der Waals surface area contributed by atoms with Crippen LogP contribution >= 0.6 is 0 Å². The van der Waals surface area contributed by atoms with Gasteiger partial charge in [0.2, 0.25) is 11.5 Å². The van der Waals surface area contributed by atoms with Crippen LogP contribution in [0.2, 0.25) is 0 Å². The number of aliphatic hydroxyl groups excluding tert-OH is 6. The maximum atomic E-state index is 10.5. The second-order valence-electron chi connectivity index (χ2n) is 4.59. The third-order valence-corrected chi connectivity index (χ3v) is 2.92. The first kappa shape index (κ1) is 23.7. The van der Waals surface area contributed by atoms with Crippen molar-refractivity contribution in [3.8, 4) is 0 Å². The van der Waals surface area contributed by atoms with Gasteiger partial charge >= 0.3 is 49.7 Å². The zero-order valence-electron chi connectivity index (χ0n) is 12.6. The average molecular weight is 390 g/mol. The van der Waals surface area contributed by atoms with Crippen molar-refractivity contribution < 1.29 is 59.9 Å². The van der Waals surface area contributed by atoms with E-state index >= 15 is 0 Å². The van der Waals surface area contributed by atoms with Gasteiger partial charge in [-0.15, -0.1) is 13.2 Å². The number of carbonyl (C=O) groups is 2. The molecule has 0 spiro atoms. The van der Waals surface area contributed by atoms with E-state index in [2.05, 4.69) is 9.47 Å². The molecule has 4 unspecified atom stereocenters. The molecule has 0 aromatic heterocycles. The van der Waals surface area contributed by atoms with E-state index in [1.54, 1.807) is 0 Å². The first-order chi connectivity index (χ1) is 11.1. The Kier molecular flexibility index (Phi) is 9.50. The molecule has 25 heavy (non-hydrogen) atoms. The number of ether oxygens (including phenoxy) is 2. The fourth-order valence-corrected chi connectivity index (χ4v) is 1.63. The van der Waals surface area contributed by atoms with Gasteiger partial charge in [0.15, 0.2) is 23.7 Å². The second-order valence-corrected chi connectivity index (χ2v) is 4.59. The summed E-state index contributed by atoms with van der Waals surface area (Å²) in [5.74, 6) is -5.75. The molecule has 0 saturated heterocycles. The van der Waals surface area contributed by atoms with Crippen molar-refractivity contribution in [3.63, 3.8) is 0 Å². The van der Waals surface area contributed by atoms with E-state index in [0.717, 1.165) is 0 Å². The topological polar surface area (TPSA) is 220 Å². The van der Waals surface area contributed by atoms with Crippen molar-refractivity contribution >= 4 is 49.7 Å². The van der Waals surface area contributed by atoms with Crippen LogP contribution in [0.15, 0.2) is 23.0 Å². The third-order valence-electron chi connectivity index (χ3n) is 2.92. The van der Waals surface area contributed by atoms with Crippen molar-refractivity contribution in [1.82, 2.24) is 0 Å². The van der Waals surface area contributed by atoms with Gasteiger partial charge in [-0.25, -0.2) is 9.59 Å². The molecule has 0 aromatic carbocycles. The van der Waals surface area contributed by atoms with E-state index in [1.165, 1.54) is 0 Å². The molecule has 0 radical (unpaired) electrons. The van der Waals surface area contributed by atoms with Crippen LogP contribution in [-0.4, -0.2) is 118 Å². The summed E-state index contributed by atoms with van der Waals surface area (Å²) in [5, 5.41) is 73.3. The van der Waals surface area contributed by atoms with Gasteiger partial charge in [0.05, 0.1) is 12.2 Å². The van der Waals surface area contributed by atoms with Crippen LogP contribution in [0.3, 0.4) is 0 Å². The molecule has 0 aromatic rings. The molecule has 6 N–H and O–H groups in total. The van der Waals surface area contributed by atoms with Crippen LogP contribution in [-0.2, 0) is 19.1 Å². The van der Waals surface area contributed by atoms with E-state index in [0.29, 0.717) is 0 Å². The predicted molar refractivity (Wildman–Crippen MR) is 71.8 cm³/mol. The van der Waals surface area contributed by atoms with Crippen LogP contribution < -0.4 is 10.2 Å². The number of hydrogen-bond acceptors (Lipinski definition) is 12. The Bertz CT molecular complexity index is 520. The van der Waals surface area contributed by atoms with E-state index in [4.69, 9.17) is 30.6 Å². The smallest absolute Gasteiger partial charge is 0.853 e. The average Bonchev–Trinajstić information content (AvgIpc) is 2.98. The molecule has 4 atom stereocenters. The standard InChI is InChI=1S/2C6H7O6.Ca/c2*7-1-2(8)5-3(9)4(10)6(11)12-5;/h2*2,5,8-10H,1H2;/q2*-1;+2. The van der Waals surface area contributed by atoms with Gasteiger partial charge < -0.3 is 50.3 Å². The maximum absolute atomic E-state index is 10.5.